The first-order chi connectivity index (χ1) is 7.18. The van der Waals surface area contributed by atoms with Crippen molar-refractivity contribution in [1.82, 2.24) is 9.66 Å². The molecule has 0 bridgehead atoms. The van der Waals surface area contributed by atoms with E-state index in [2.05, 4.69) is 4.98 Å². The van der Waals surface area contributed by atoms with Gasteiger partial charge >= 0.3 is 5.69 Å². The van der Waals surface area contributed by atoms with Gasteiger partial charge in [-0.05, 0) is 19.3 Å². The Kier molecular flexibility index (Phi) is 2.49. The second-order valence-electron chi connectivity index (χ2n) is 3.62. The largest absolute Gasteiger partial charge is 0.493 e. The first-order valence-electron chi connectivity index (χ1n) is 4.99. The highest BCUT2D eigenvalue weighted by Crippen LogP contribution is 2.10. The summed E-state index contributed by atoms with van der Waals surface area (Å²) in [7, 11) is 0. The topological polar surface area (TPSA) is 78.3 Å². The van der Waals surface area contributed by atoms with Gasteiger partial charge < -0.3 is 10.1 Å². The summed E-state index contributed by atoms with van der Waals surface area (Å²) in [6, 6.07) is 1.01. The van der Waals surface area contributed by atoms with Gasteiger partial charge in [-0.25, -0.2) is 4.79 Å². The second-order valence-corrected chi connectivity index (χ2v) is 3.62. The molecule has 1 aliphatic rings. The van der Waals surface area contributed by atoms with Gasteiger partial charge in [0.1, 0.15) is 0 Å². The van der Waals surface area contributed by atoms with Gasteiger partial charge in [-0.3, -0.25) is 9.78 Å². The van der Waals surface area contributed by atoms with Gasteiger partial charge in [-0.1, -0.05) is 0 Å². The molecule has 0 amide bonds. The Bertz CT molecular complexity index is 456. The van der Waals surface area contributed by atoms with Gasteiger partial charge in [0, 0.05) is 13.1 Å². The van der Waals surface area contributed by atoms with E-state index >= 15 is 0 Å². The average molecular weight is 211 g/mol. The SMILES string of the molecule is O=c1cc(O)n(N2CCCCC2)c(=O)[nH]1. The molecule has 1 aromatic rings. The zero-order valence-electron chi connectivity index (χ0n) is 8.27. The summed E-state index contributed by atoms with van der Waals surface area (Å²) in [5, 5.41) is 11.3. The summed E-state index contributed by atoms with van der Waals surface area (Å²) >= 11 is 0. The Balaban J connectivity index is 2.42. The third-order valence-electron chi connectivity index (χ3n) is 2.52. The van der Waals surface area contributed by atoms with Crippen LogP contribution in [-0.4, -0.2) is 27.9 Å². The number of aromatic hydroxyl groups is 1. The number of aromatic amines is 1. The third-order valence-corrected chi connectivity index (χ3v) is 2.52. The standard InChI is InChI=1S/C9H13N3O3/c13-7-6-8(14)12(9(15)10-7)11-4-2-1-3-5-11/h6,14H,1-5H2,(H,10,13,15). The monoisotopic (exact) mass is 211 g/mol. The number of piperidine rings is 1. The van der Waals surface area contributed by atoms with E-state index in [1.807, 2.05) is 0 Å². The van der Waals surface area contributed by atoms with Crippen LogP contribution in [0.25, 0.3) is 0 Å². The smallest absolute Gasteiger partial charge is 0.350 e. The van der Waals surface area contributed by atoms with Crippen LogP contribution in [-0.2, 0) is 0 Å². The van der Waals surface area contributed by atoms with E-state index in [4.69, 9.17) is 0 Å². The van der Waals surface area contributed by atoms with Crippen molar-refractivity contribution >= 4 is 0 Å². The van der Waals surface area contributed by atoms with Crippen LogP contribution in [0.1, 0.15) is 19.3 Å². The lowest BCUT2D eigenvalue weighted by atomic mass is 10.2. The Labute approximate surface area is 85.7 Å². The summed E-state index contributed by atoms with van der Waals surface area (Å²) < 4.78 is 1.13. The van der Waals surface area contributed by atoms with Crippen molar-refractivity contribution in [1.29, 1.82) is 0 Å². The molecule has 2 heterocycles. The zero-order chi connectivity index (χ0) is 10.8. The van der Waals surface area contributed by atoms with Crippen LogP contribution in [0.15, 0.2) is 15.7 Å². The average Bonchev–Trinajstić information content (AvgIpc) is 2.17. The number of H-pyrrole nitrogens is 1. The lowest BCUT2D eigenvalue weighted by molar-refractivity contribution is 0.369. The fraction of sp³-hybridized carbons (Fsp3) is 0.556. The molecule has 0 spiro atoms. The number of nitrogens with zero attached hydrogens (tertiary/aromatic N) is 2. The minimum atomic E-state index is -0.582. The maximum atomic E-state index is 11.5. The van der Waals surface area contributed by atoms with Crippen molar-refractivity contribution < 1.29 is 5.11 Å². The van der Waals surface area contributed by atoms with E-state index in [0.29, 0.717) is 0 Å². The van der Waals surface area contributed by atoms with Gasteiger partial charge in [-0.2, -0.15) is 4.68 Å². The van der Waals surface area contributed by atoms with Crippen LogP contribution in [0.5, 0.6) is 5.88 Å². The molecule has 1 aliphatic heterocycles. The molecule has 0 aromatic carbocycles. The minimum Gasteiger partial charge on any atom is -0.493 e. The van der Waals surface area contributed by atoms with Crippen LogP contribution in [0.4, 0.5) is 0 Å². The quantitative estimate of drug-likeness (QED) is 0.648. The van der Waals surface area contributed by atoms with Gasteiger partial charge in [-0.15, -0.1) is 0 Å². The van der Waals surface area contributed by atoms with Crippen molar-refractivity contribution in [3.63, 3.8) is 0 Å². The van der Waals surface area contributed by atoms with E-state index in [0.717, 1.165) is 43.1 Å². The zero-order valence-corrected chi connectivity index (χ0v) is 8.27. The molecule has 6 nitrogen and oxygen atoms in total. The number of hydrogen-bond donors (Lipinski definition) is 2. The molecular formula is C9H13N3O3. The number of aromatic nitrogens is 2. The maximum absolute atomic E-state index is 11.5. The van der Waals surface area contributed by atoms with Crippen LogP contribution in [0.3, 0.4) is 0 Å². The van der Waals surface area contributed by atoms with Crippen molar-refractivity contribution in [3.8, 4) is 5.88 Å². The summed E-state index contributed by atoms with van der Waals surface area (Å²) in [5.41, 5.74) is -1.16. The van der Waals surface area contributed by atoms with E-state index in [-0.39, 0.29) is 5.88 Å². The first-order valence-corrected chi connectivity index (χ1v) is 4.99. The molecule has 0 aliphatic carbocycles. The number of rotatable bonds is 1. The van der Waals surface area contributed by atoms with Gasteiger partial charge in [0.15, 0.2) is 0 Å². The number of hydrogen-bond acceptors (Lipinski definition) is 4. The highest BCUT2D eigenvalue weighted by Gasteiger charge is 2.15. The Morgan fingerprint density at radius 2 is 1.87 bits per heavy atom. The maximum Gasteiger partial charge on any atom is 0.350 e. The summed E-state index contributed by atoms with van der Waals surface area (Å²) in [6.45, 7) is 1.44. The van der Waals surface area contributed by atoms with Gasteiger partial charge in [0.05, 0.1) is 6.07 Å². The highest BCUT2D eigenvalue weighted by molar-refractivity contribution is 5.10. The van der Waals surface area contributed by atoms with Crippen LogP contribution in [0.2, 0.25) is 0 Å². The summed E-state index contributed by atoms with van der Waals surface area (Å²) in [5.74, 6) is -0.300. The molecule has 82 valence electrons. The lowest BCUT2D eigenvalue weighted by Gasteiger charge is -2.29. The van der Waals surface area contributed by atoms with Crippen LogP contribution >= 0.6 is 0 Å². The molecule has 0 atom stereocenters. The number of nitrogens with one attached hydrogen (secondary N) is 1. The molecule has 2 N–H and O–H groups in total. The molecule has 1 aromatic heterocycles. The van der Waals surface area contributed by atoms with Crippen molar-refractivity contribution in [3.05, 3.63) is 26.9 Å². The van der Waals surface area contributed by atoms with Crippen molar-refractivity contribution in [2.24, 2.45) is 0 Å². The summed E-state index contributed by atoms with van der Waals surface area (Å²) in [4.78, 5) is 24.5. The molecule has 15 heavy (non-hydrogen) atoms. The normalized spacial score (nSPS) is 16.7. The molecule has 6 heteroatoms. The van der Waals surface area contributed by atoms with E-state index < -0.39 is 11.2 Å². The Morgan fingerprint density at radius 3 is 2.47 bits per heavy atom. The Hall–Kier alpha value is -1.72. The lowest BCUT2D eigenvalue weighted by Crippen LogP contribution is -2.47. The van der Waals surface area contributed by atoms with Crippen LogP contribution in [0, 0.1) is 0 Å². The van der Waals surface area contributed by atoms with E-state index in [9.17, 15) is 14.7 Å². The van der Waals surface area contributed by atoms with Crippen LogP contribution < -0.4 is 16.3 Å². The minimum absolute atomic E-state index is 0.300. The molecule has 2 rings (SSSR count). The Morgan fingerprint density at radius 1 is 1.20 bits per heavy atom. The summed E-state index contributed by atoms with van der Waals surface area (Å²) in [6.07, 6.45) is 3.12. The third kappa shape index (κ3) is 1.88. The molecule has 0 saturated carbocycles. The van der Waals surface area contributed by atoms with Gasteiger partial charge in [0.2, 0.25) is 5.88 Å². The molecule has 0 radical (unpaired) electrons. The molecule has 1 saturated heterocycles. The first kappa shape index (κ1) is 9.82. The predicted octanol–water partition coefficient (Wildman–Crippen LogP) is -0.636. The molecular weight excluding hydrogens is 198 g/mol. The van der Waals surface area contributed by atoms with E-state index in [1.54, 1.807) is 5.01 Å². The molecule has 1 fully saturated rings. The highest BCUT2D eigenvalue weighted by atomic mass is 16.3. The molecule has 0 unspecified atom stereocenters. The fourth-order valence-corrected chi connectivity index (χ4v) is 1.83. The van der Waals surface area contributed by atoms with Crippen molar-refractivity contribution in [2.45, 2.75) is 19.3 Å². The predicted molar refractivity (Wildman–Crippen MR) is 54.8 cm³/mol. The van der Waals surface area contributed by atoms with Crippen molar-refractivity contribution in [2.75, 3.05) is 18.1 Å². The second kappa shape index (κ2) is 3.80. The fourth-order valence-electron chi connectivity index (χ4n) is 1.83. The van der Waals surface area contributed by atoms with E-state index in [1.165, 1.54) is 0 Å². The van der Waals surface area contributed by atoms with Gasteiger partial charge in [0.25, 0.3) is 5.56 Å².